The number of halogens is 2. The molecule has 0 heterocycles. The second-order valence-corrected chi connectivity index (χ2v) is 1.97. The lowest BCUT2D eigenvalue weighted by Crippen LogP contribution is -2.33. The van der Waals surface area contributed by atoms with E-state index < -0.39 is 18.9 Å². The molecule has 0 aliphatic carbocycles. The smallest absolute Gasteiger partial charge is 0.255 e. The molecule has 0 spiro atoms. The Kier molecular flexibility index (Phi) is 4.41. The van der Waals surface area contributed by atoms with Crippen LogP contribution in [0.1, 0.15) is 6.92 Å². The Morgan fingerprint density at radius 1 is 1.73 bits per heavy atom. The first-order chi connectivity index (χ1) is 5.11. The summed E-state index contributed by atoms with van der Waals surface area (Å²) in [4.78, 5) is 11.8. The van der Waals surface area contributed by atoms with E-state index in [2.05, 4.69) is 6.58 Å². The van der Waals surface area contributed by atoms with Crippen LogP contribution in [0, 0.1) is 0 Å². The van der Waals surface area contributed by atoms with Gasteiger partial charge in [0.15, 0.2) is 0 Å². The quantitative estimate of drug-likeness (QED) is 0.572. The number of likely N-dealkylation sites (N-methyl/N-ethyl adjacent to an activating group) is 1. The van der Waals surface area contributed by atoms with Crippen LogP contribution in [0.3, 0.4) is 0 Å². The zero-order valence-corrected chi connectivity index (χ0v) is 6.39. The second-order valence-electron chi connectivity index (χ2n) is 1.97. The van der Waals surface area contributed by atoms with Gasteiger partial charge in [-0.2, -0.15) is 0 Å². The van der Waals surface area contributed by atoms with Crippen LogP contribution >= 0.6 is 0 Å². The number of rotatable bonds is 4. The van der Waals surface area contributed by atoms with Crippen LogP contribution in [-0.4, -0.2) is 30.3 Å². The molecule has 0 aliphatic heterocycles. The summed E-state index contributed by atoms with van der Waals surface area (Å²) in [7, 11) is 0. The number of alkyl halides is 2. The van der Waals surface area contributed by atoms with Crippen LogP contribution in [0.25, 0.3) is 0 Å². The average Bonchev–Trinajstić information content (AvgIpc) is 1.98. The highest BCUT2D eigenvalue weighted by molar-refractivity contribution is 5.86. The Hall–Kier alpha value is -0.930. The van der Waals surface area contributed by atoms with Crippen molar-refractivity contribution in [3.05, 3.63) is 12.7 Å². The summed E-state index contributed by atoms with van der Waals surface area (Å²) in [5.74, 6) is -0.451. The highest BCUT2D eigenvalue weighted by Gasteiger charge is 2.12. The lowest BCUT2D eigenvalue weighted by molar-refractivity contribution is -0.127. The van der Waals surface area contributed by atoms with Crippen LogP contribution < -0.4 is 0 Å². The first-order valence-corrected chi connectivity index (χ1v) is 3.31. The van der Waals surface area contributed by atoms with E-state index in [1.165, 1.54) is 0 Å². The van der Waals surface area contributed by atoms with Crippen molar-refractivity contribution in [2.75, 3.05) is 13.1 Å². The van der Waals surface area contributed by atoms with Gasteiger partial charge in [0.25, 0.3) is 6.43 Å². The predicted octanol–water partition coefficient (Wildman–Crippen LogP) is 1.29. The first-order valence-electron chi connectivity index (χ1n) is 3.31. The topological polar surface area (TPSA) is 20.3 Å². The van der Waals surface area contributed by atoms with Crippen LogP contribution in [-0.2, 0) is 4.79 Å². The SMILES string of the molecule is C=CC(=O)N(CC)CC(F)F. The maximum absolute atomic E-state index is 11.7. The van der Waals surface area contributed by atoms with E-state index in [-0.39, 0.29) is 6.54 Å². The standard InChI is InChI=1S/C7H11F2NO/c1-3-7(11)10(4-2)5-6(8)9/h3,6H,1,4-5H2,2H3. The molecule has 0 atom stereocenters. The molecule has 0 aromatic carbocycles. The second kappa shape index (κ2) is 4.82. The highest BCUT2D eigenvalue weighted by Crippen LogP contribution is 1.98. The van der Waals surface area contributed by atoms with E-state index in [9.17, 15) is 13.6 Å². The van der Waals surface area contributed by atoms with Gasteiger partial charge in [-0.25, -0.2) is 8.78 Å². The molecule has 0 aromatic rings. The van der Waals surface area contributed by atoms with E-state index in [1.807, 2.05) is 0 Å². The van der Waals surface area contributed by atoms with Crippen LogP contribution in [0.15, 0.2) is 12.7 Å². The lowest BCUT2D eigenvalue weighted by atomic mass is 10.4. The zero-order valence-electron chi connectivity index (χ0n) is 6.39. The van der Waals surface area contributed by atoms with Gasteiger partial charge in [0.05, 0.1) is 6.54 Å². The Morgan fingerprint density at radius 2 is 2.27 bits per heavy atom. The van der Waals surface area contributed by atoms with Crippen molar-refractivity contribution in [1.29, 1.82) is 0 Å². The van der Waals surface area contributed by atoms with Gasteiger partial charge in [0.2, 0.25) is 5.91 Å². The number of hydrogen-bond acceptors (Lipinski definition) is 1. The van der Waals surface area contributed by atoms with Gasteiger partial charge >= 0.3 is 0 Å². The number of carbonyl (C=O) groups excluding carboxylic acids is 1. The van der Waals surface area contributed by atoms with Gasteiger partial charge in [0, 0.05) is 6.54 Å². The molecule has 64 valence electrons. The normalized spacial score (nSPS) is 9.82. The molecule has 0 unspecified atom stereocenters. The molecule has 2 nitrogen and oxygen atoms in total. The fourth-order valence-electron chi connectivity index (χ4n) is 0.671. The molecule has 0 radical (unpaired) electrons. The predicted molar refractivity (Wildman–Crippen MR) is 38.5 cm³/mol. The Morgan fingerprint density at radius 3 is 2.55 bits per heavy atom. The molecule has 1 amide bonds. The Labute approximate surface area is 64.5 Å². The van der Waals surface area contributed by atoms with Crippen molar-refractivity contribution < 1.29 is 13.6 Å². The molecule has 0 fully saturated rings. The number of hydrogen-bond donors (Lipinski definition) is 0. The van der Waals surface area contributed by atoms with Crippen LogP contribution in [0.2, 0.25) is 0 Å². The lowest BCUT2D eigenvalue weighted by Gasteiger charge is -2.17. The van der Waals surface area contributed by atoms with Crippen molar-refractivity contribution in [1.82, 2.24) is 4.90 Å². The van der Waals surface area contributed by atoms with Gasteiger partial charge in [-0.15, -0.1) is 0 Å². The Balaban J connectivity index is 3.94. The number of amides is 1. The maximum atomic E-state index is 11.7. The summed E-state index contributed by atoms with van der Waals surface area (Å²) in [6.07, 6.45) is -1.44. The van der Waals surface area contributed by atoms with Gasteiger partial charge in [0.1, 0.15) is 0 Å². The minimum atomic E-state index is -2.47. The van der Waals surface area contributed by atoms with Crippen molar-refractivity contribution in [3.8, 4) is 0 Å². The van der Waals surface area contributed by atoms with Crippen molar-refractivity contribution in [2.45, 2.75) is 13.3 Å². The zero-order chi connectivity index (χ0) is 8.85. The minimum Gasteiger partial charge on any atom is -0.334 e. The fourth-order valence-corrected chi connectivity index (χ4v) is 0.671. The van der Waals surface area contributed by atoms with E-state index in [4.69, 9.17) is 0 Å². The fraction of sp³-hybridized carbons (Fsp3) is 0.571. The van der Waals surface area contributed by atoms with Gasteiger partial charge in [-0.1, -0.05) is 6.58 Å². The molecule has 0 saturated carbocycles. The van der Waals surface area contributed by atoms with E-state index in [1.54, 1.807) is 6.92 Å². The van der Waals surface area contributed by atoms with Crippen molar-refractivity contribution in [2.24, 2.45) is 0 Å². The molecule has 0 aliphatic rings. The minimum absolute atomic E-state index is 0.287. The number of carbonyl (C=O) groups is 1. The van der Waals surface area contributed by atoms with E-state index in [0.717, 1.165) is 11.0 Å². The summed E-state index contributed by atoms with van der Waals surface area (Å²) in [6.45, 7) is 4.62. The summed E-state index contributed by atoms with van der Waals surface area (Å²) in [5.41, 5.74) is 0. The van der Waals surface area contributed by atoms with Gasteiger partial charge in [-0.05, 0) is 13.0 Å². The monoisotopic (exact) mass is 163 g/mol. The molecule has 0 saturated heterocycles. The van der Waals surface area contributed by atoms with Gasteiger partial charge in [-0.3, -0.25) is 4.79 Å². The highest BCUT2D eigenvalue weighted by atomic mass is 19.3. The number of nitrogens with zero attached hydrogens (tertiary/aromatic N) is 1. The molecular formula is C7H11F2NO. The molecule has 0 aromatic heterocycles. The molecular weight excluding hydrogens is 152 g/mol. The summed E-state index contributed by atoms with van der Waals surface area (Å²) in [6, 6.07) is 0. The Bertz CT molecular complexity index is 147. The third-order valence-corrected chi connectivity index (χ3v) is 1.23. The molecule has 0 rings (SSSR count). The first kappa shape index (κ1) is 10.1. The van der Waals surface area contributed by atoms with Crippen LogP contribution in [0.5, 0.6) is 0 Å². The third kappa shape index (κ3) is 3.70. The summed E-state index contributed by atoms with van der Waals surface area (Å²) >= 11 is 0. The average molecular weight is 163 g/mol. The van der Waals surface area contributed by atoms with Crippen molar-refractivity contribution >= 4 is 5.91 Å². The maximum Gasteiger partial charge on any atom is 0.255 e. The van der Waals surface area contributed by atoms with E-state index in [0.29, 0.717) is 0 Å². The molecule has 0 bridgehead atoms. The van der Waals surface area contributed by atoms with Crippen molar-refractivity contribution in [3.63, 3.8) is 0 Å². The third-order valence-electron chi connectivity index (χ3n) is 1.23. The molecule has 0 N–H and O–H groups in total. The summed E-state index contributed by atoms with van der Waals surface area (Å²) < 4.78 is 23.5. The largest absolute Gasteiger partial charge is 0.334 e. The molecule has 4 heteroatoms. The van der Waals surface area contributed by atoms with E-state index >= 15 is 0 Å². The van der Waals surface area contributed by atoms with Crippen LogP contribution in [0.4, 0.5) is 8.78 Å². The van der Waals surface area contributed by atoms with Gasteiger partial charge < -0.3 is 4.90 Å². The summed E-state index contributed by atoms with van der Waals surface area (Å²) in [5, 5.41) is 0. The molecule has 11 heavy (non-hydrogen) atoms.